The third-order valence-corrected chi connectivity index (χ3v) is 4.16. The van der Waals surface area contributed by atoms with E-state index in [1.54, 1.807) is 24.3 Å². The third kappa shape index (κ3) is 3.50. The summed E-state index contributed by atoms with van der Waals surface area (Å²) in [5.74, 6) is -0.516. The maximum atomic E-state index is 12.2. The molecule has 0 bridgehead atoms. The van der Waals surface area contributed by atoms with Crippen LogP contribution in [0.1, 0.15) is 0 Å². The summed E-state index contributed by atoms with van der Waals surface area (Å²) in [7, 11) is 1.48. The average Bonchev–Trinajstić information content (AvgIpc) is 3.18. The molecule has 0 atom stereocenters. The zero-order chi connectivity index (χ0) is 17.1. The van der Waals surface area contributed by atoms with Crippen molar-refractivity contribution in [2.75, 3.05) is 12.4 Å². The first-order chi connectivity index (χ1) is 11.6. The predicted molar refractivity (Wildman–Crippen MR) is 90.7 cm³/mol. The normalized spacial score (nSPS) is 10.6. The summed E-state index contributed by atoms with van der Waals surface area (Å²) in [6.45, 7) is -0.288. The number of benzene rings is 1. The van der Waals surface area contributed by atoms with Crippen LogP contribution in [-0.4, -0.2) is 22.8 Å². The minimum Gasteiger partial charge on any atom is -0.495 e. The molecule has 7 nitrogen and oxygen atoms in total. The van der Waals surface area contributed by atoms with Gasteiger partial charge in [0.1, 0.15) is 12.3 Å². The number of nitrogens with one attached hydrogen (secondary N) is 1. The summed E-state index contributed by atoms with van der Waals surface area (Å²) < 4.78 is 11.2. The van der Waals surface area contributed by atoms with Crippen LogP contribution in [-0.2, 0) is 11.3 Å². The first kappa shape index (κ1) is 16.3. The lowest BCUT2D eigenvalue weighted by Gasteiger charge is -2.10. The molecule has 3 rings (SSSR count). The highest BCUT2D eigenvalue weighted by atomic mass is 35.5. The number of aromatic nitrogens is 2. The molecule has 0 saturated carbocycles. The van der Waals surface area contributed by atoms with Gasteiger partial charge in [-0.3, -0.25) is 4.79 Å². The molecule has 2 heterocycles. The highest BCUT2D eigenvalue weighted by Crippen LogP contribution is 2.27. The van der Waals surface area contributed by atoms with Crippen molar-refractivity contribution in [1.29, 1.82) is 0 Å². The third-order valence-electron chi connectivity index (χ3n) is 3.07. The molecule has 124 valence electrons. The molecule has 9 heteroatoms. The largest absolute Gasteiger partial charge is 0.495 e. The highest BCUT2D eigenvalue weighted by Gasteiger charge is 2.15. The van der Waals surface area contributed by atoms with Gasteiger partial charge in [-0.1, -0.05) is 17.7 Å². The van der Waals surface area contributed by atoms with E-state index in [2.05, 4.69) is 10.4 Å². The molecule has 1 aromatic carbocycles. The number of rotatable bonds is 5. The van der Waals surface area contributed by atoms with Crippen molar-refractivity contribution in [1.82, 2.24) is 9.78 Å². The van der Waals surface area contributed by atoms with Crippen LogP contribution in [0.4, 0.5) is 5.69 Å². The van der Waals surface area contributed by atoms with Crippen LogP contribution in [0.25, 0.3) is 10.8 Å². The number of anilines is 1. The van der Waals surface area contributed by atoms with Crippen molar-refractivity contribution in [3.63, 3.8) is 0 Å². The fourth-order valence-corrected chi connectivity index (χ4v) is 2.83. The Morgan fingerprint density at radius 2 is 2.29 bits per heavy atom. The quantitative estimate of drug-likeness (QED) is 0.751. The number of halogens is 1. The lowest BCUT2D eigenvalue weighted by Crippen LogP contribution is -2.26. The Morgan fingerprint density at radius 3 is 3.00 bits per heavy atom. The Balaban J connectivity index is 1.76. The Labute approximate surface area is 145 Å². The summed E-state index contributed by atoms with van der Waals surface area (Å²) in [6, 6.07) is 8.43. The van der Waals surface area contributed by atoms with Crippen LogP contribution in [0, 0.1) is 0 Å². The minimum atomic E-state index is -0.702. The number of ether oxygens (including phenoxy) is 1. The molecular weight excluding hydrogens is 354 g/mol. The van der Waals surface area contributed by atoms with Crippen molar-refractivity contribution in [2.45, 2.75) is 6.54 Å². The van der Waals surface area contributed by atoms with Crippen molar-refractivity contribution >= 4 is 34.5 Å². The van der Waals surface area contributed by atoms with Gasteiger partial charge in [-0.25, -0.2) is 4.79 Å². The van der Waals surface area contributed by atoms with Crippen molar-refractivity contribution in [2.24, 2.45) is 0 Å². The first-order valence-corrected chi connectivity index (χ1v) is 8.08. The van der Waals surface area contributed by atoms with Gasteiger partial charge in [-0.05, 0) is 29.6 Å². The van der Waals surface area contributed by atoms with Crippen LogP contribution in [0.2, 0.25) is 5.02 Å². The molecule has 1 amide bonds. The molecular formula is C15H12ClN3O4S. The number of thiophene rings is 1. The van der Waals surface area contributed by atoms with E-state index in [9.17, 15) is 9.59 Å². The SMILES string of the molecule is COc1ccc(Cl)cc1NC(=O)Cn1nc(-c2cccs2)oc1=O. The van der Waals surface area contributed by atoms with Gasteiger partial charge in [0.2, 0.25) is 5.91 Å². The van der Waals surface area contributed by atoms with Crippen molar-refractivity contribution < 1.29 is 13.9 Å². The molecule has 0 spiro atoms. The van der Waals surface area contributed by atoms with Gasteiger partial charge in [0.15, 0.2) is 0 Å². The molecule has 0 saturated heterocycles. The molecule has 0 aliphatic carbocycles. The summed E-state index contributed by atoms with van der Waals surface area (Å²) in [5, 5.41) is 8.95. The lowest BCUT2D eigenvalue weighted by atomic mass is 10.3. The second kappa shape index (κ2) is 6.90. The molecule has 0 aliphatic rings. The van der Waals surface area contributed by atoms with Crippen molar-refractivity contribution in [3.8, 4) is 16.5 Å². The van der Waals surface area contributed by atoms with E-state index in [4.69, 9.17) is 20.8 Å². The Bertz CT molecular complexity index is 917. The number of amides is 1. The van der Waals surface area contributed by atoms with E-state index < -0.39 is 11.7 Å². The Hall–Kier alpha value is -2.58. The number of hydrogen-bond acceptors (Lipinski definition) is 6. The molecule has 0 aliphatic heterocycles. The number of hydrogen-bond donors (Lipinski definition) is 1. The number of nitrogens with zero attached hydrogens (tertiary/aromatic N) is 2. The summed E-state index contributed by atoms with van der Waals surface area (Å²) >= 11 is 7.30. The second-order valence-electron chi connectivity index (χ2n) is 4.70. The molecule has 1 N–H and O–H groups in total. The summed E-state index contributed by atoms with van der Waals surface area (Å²) in [4.78, 5) is 24.7. The zero-order valence-electron chi connectivity index (χ0n) is 12.5. The van der Waals surface area contributed by atoms with E-state index in [-0.39, 0.29) is 12.4 Å². The molecule has 3 aromatic rings. The van der Waals surface area contributed by atoms with Crippen LogP contribution in [0.15, 0.2) is 44.9 Å². The monoisotopic (exact) mass is 365 g/mol. The topological polar surface area (TPSA) is 86.4 Å². The van der Waals surface area contributed by atoms with E-state index in [0.29, 0.717) is 21.3 Å². The maximum absolute atomic E-state index is 12.2. The summed E-state index contributed by atoms with van der Waals surface area (Å²) in [5.41, 5.74) is 0.407. The first-order valence-electron chi connectivity index (χ1n) is 6.82. The van der Waals surface area contributed by atoms with Gasteiger partial charge in [-0.2, -0.15) is 4.68 Å². The van der Waals surface area contributed by atoms with E-state index >= 15 is 0 Å². The maximum Gasteiger partial charge on any atom is 0.437 e. The standard InChI is InChI=1S/C15H12ClN3O4S/c1-22-11-5-4-9(16)7-10(11)17-13(20)8-19-15(21)23-14(18-19)12-3-2-6-24-12/h2-7H,8H2,1H3,(H,17,20). The predicted octanol–water partition coefficient (Wildman–Crippen LogP) is 2.87. The zero-order valence-corrected chi connectivity index (χ0v) is 14.1. The van der Waals surface area contributed by atoms with Gasteiger partial charge in [0, 0.05) is 5.02 Å². The Morgan fingerprint density at radius 1 is 1.46 bits per heavy atom. The van der Waals surface area contributed by atoms with Crippen LogP contribution >= 0.6 is 22.9 Å². The average molecular weight is 366 g/mol. The second-order valence-corrected chi connectivity index (χ2v) is 6.08. The lowest BCUT2D eigenvalue weighted by molar-refractivity contribution is -0.117. The molecule has 2 aromatic heterocycles. The van der Waals surface area contributed by atoms with Crippen LogP contribution in [0.5, 0.6) is 5.75 Å². The van der Waals surface area contributed by atoms with Gasteiger partial charge < -0.3 is 14.5 Å². The fraction of sp³-hybridized carbons (Fsp3) is 0.133. The van der Waals surface area contributed by atoms with E-state index in [1.165, 1.54) is 18.4 Å². The molecule has 0 unspecified atom stereocenters. The Kier molecular flexibility index (Phi) is 4.68. The van der Waals surface area contributed by atoms with Gasteiger partial charge in [-0.15, -0.1) is 16.4 Å². The summed E-state index contributed by atoms with van der Waals surface area (Å²) in [6.07, 6.45) is 0. The number of carbonyl (C=O) groups is 1. The van der Waals surface area contributed by atoms with E-state index in [1.807, 2.05) is 11.4 Å². The van der Waals surface area contributed by atoms with Crippen molar-refractivity contribution in [3.05, 3.63) is 51.3 Å². The molecule has 24 heavy (non-hydrogen) atoms. The van der Waals surface area contributed by atoms with Gasteiger partial charge in [0.25, 0.3) is 5.89 Å². The fourth-order valence-electron chi connectivity index (χ4n) is 2.01. The van der Waals surface area contributed by atoms with Crippen LogP contribution in [0.3, 0.4) is 0 Å². The number of methoxy groups -OCH3 is 1. The highest BCUT2D eigenvalue weighted by molar-refractivity contribution is 7.13. The van der Waals surface area contributed by atoms with Crippen LogP contribution < -0.4 is 15.8 Å². The molecule has 0 radical (unpaired) electrons. The van der Waals surface area contributed by atoms with Gasteiger partial charge >= 0.3 is 5.76 Å². The smallest absolute Gasteiger partial charge is 0.437 e. The number of carbonyl (C=O) groups excluding carboxylic acids is 1. The molecule has 0 fully saturated rings. The minimum absolute atomic E-state index is 0.183. The van der Waals surface area contributed by atoms with Gasteiger partial charge in [0.05, 0.1) is 17.7 Å². The van der Waals surface area contributed by atoms with E-state index in [0.717, 1.165) is 4.68 Å².